The lowest BCUT2D eigenvalue weighted by molar-refractivity contribution is -0.349. The zero-order valence-electron chi connectivity index (χ0n) is 28.1. The average molecular weight is 757 g/mol. The summed E-state index contributed by atoms with van der Waals surface area (Å²) in [5, 5.41) is 103. The lowest BCUT2D eigenvalue weighted by Crippen LogP contribution is -2.64. The van der Waals surface area contributed by atoms with Gasteiger partial charge in [-0.05, 0) is 48.9 Å². The summed E-state index contributed by atoms with van der Waals surface area (Å²) in [5.41, 5.74) is -0.764. The molecule has 2 aliphatic rings. The fraction of sp³-hybridized carbons (Fsp3) is 0.333. The number of carbonyl (C=O) groups is 1. The molecule has 0 amide bonds. The Bertz CT molecular complexity index is 2080. The average Bonchev–Trinajstić information content (AvgIpc) is 3.13. The SMILES string of the molecule is CC1OC(Oc2c(-c3ccc(O)c(O)c3)oc3cc(O)cc(O)c3c2=O)C(O)C(O)C1OC1OC(COC(=O)C=Cc2ccc(O)cc2)C(O)C(O)C1O. The number of rotatable bonds is 9. The second-order valence-electron chi connectivity index (χ2n) is 12.6. The number of aliphatic hydroxyl groups excluding tert-OH is 5. The fourth-order valence-electron chi connectivity index (χ4n) is 5.92. The normalized spacial score (nSPS) is 28.6. The highest BCUT2D eigenvalue weighted by Gasteiger charge is 2.50. The maximum atomic E-state index is 13.7. The standard InChI is InChI=1S/C36H36O18/c1-14-32(53-36-30(47)28(45)26(43)23(52-36)13-49-24(42)9-4-15-2-6-17(37)7-3-15)29(46)31(48)35(50-14)54-34-27(44)25-21(41)11-18(38)12-22(25)51-33(34)16-5-8-19(39)20(40)10-16/h2-12,14,23,26,28-32,35-41,43,45-48H,13H2,1H3. The zero-order chi connectivity index (χ0) is 39.0. The molecule has 3 heterocycles. The number of phenolic OH excluding ortho intramolecular Hbond substituents is 5. The molecule has 10 N–H and O–H groups in total. The van der Waals surface area contributed by atoms with Crippen LogP contribution in [-0.4, -0.2) is 125 Å². The van der Waals surface area contributed by atoms with Gasteiger partial charge in [-0.1, -0.05) is 12.1 Å². The van der Waals surface area contributed by atoms with Crippen molar-refractivity contribution in [3.63, 3.8) is 0 Å². The first kappa shape index (κ1) is 38.3. The van der Waals surface area contributed by atoms with Crippen LogP contribution in [0.1, 0.15) is 12.5 Å². The molecule has 18 heteroatoms. The summed E-state index contributed by atoms with van der Waals surface area (Å²) in [4.78, 5) is 26.0. The smallest absolute Gasteiger partial charge is 0.330 e. The first-order valence-corrected chi connectivity index (χ1v) is 16.3. The Kier molecular flexibility index (Phi) is 11.0. The minimum absolute atomic E-state index is 0.0278. The van der Waals surface area contributed by atoms with Crippen LogP contribution in [0.25, 0.3) is 28.4 Å². The van der Waals surface area contributed by atoms with Gasteiger partial charge in [0.1, 0.15) is 77.6 Å². The topological polar surface area (TPSA) is 296 Å². The van der Waals surface area contributed by atoms with E-state index in [9.17, 15) is 60.7 Å². The Morgan fingerprint density at radius 3 is 2.17 bits per heavy atom. The molecule has 0 bridgehead atoms. The van der Waals surface area contributed by atoms with Gasteiger partial charge in [0.15, 0.2) is 23.5 Å². The largest absolute Gasteiger partial charge is 0.508 e. The molecule has 54 heavy (non-hydrogen) atoms. The van der Waals surface area contributed by atoms with E-state index < -0.39 is 119 Å². The van der Waals surface area contributed by atoms with Gasteiger partial charge in [0, 0.05) is 23.8 Å². The lowest BCUT2D eigenvalue weighted by Gasteiger charge is -2.45. The minimum atomic E-state index is -2.00. The van der Waals surface area contributed by atoms with Gasteiger partial charge in [0.05, 0.1) is 6.10 Å². The first-order chi connectivity index (χ1) is 25.6. The molecule has 18 nitrogen and oxygen atoms in total. The molecule has 2 fully saturated rings. The van der Waals surface area contributed by atoms with E-state index in [2.05, 4.69) is 0 Å². The second kappa shape index (κ2) is 15.5. The number of phenols is 5. The molecule has 6 rings (SSSR count). The van der Waals surface area contributed by atoms with Gasteiger partial charge in [-0.2, -0.15) is 0 Å². The monoisotopic (exact) mass is 756 g/mol. The number of ether oxygens (including phenoxy) is 5. The van der Waals surface area contributed by atoms with Crippen LogP contribution in [0.2, 0.25) is 0 Å². The van der Waals surface area contributed by atoms with Crippen molar-refractivity contribution < 1.29 is 84.0 Å². The van der Waals surface area contributed by atoms with Crippen LogP contribution in [0.3, 0.4) is 0 Å². The van der Waals surface area contributed by atoms with Gasteiger partial charge in [-0.3, -0.25) is 4.79 Å². The molecule has 0 radical (unpaired) electrons. The van der Waals surface area contributed by atoms with E-state index >= 15 is 0 Å². The number of aliphatic hydroxyl groups is 5. The molecule has 2 aliphatic heterocycles. The number of hydrogen-bond donors (Lipinski definition) is 10. The molecule has 0 spiro atoms. The summed E-state index contributed by atoms with van der Waals surface area (Å²) in [6.07, 6.45) is -14.7. The van der Waals surface area contributed by atoms with Gasteiger partial charge in [-0.25, -0.2) is 4.79 Å². The van der Waals surface area contributed by atoms with E-state index in [-0.39, 0.29) is 16.9 Å². The summed E-state index contributed by atoms with van der Waals surface area (Å²) in [7, 11) is 0. The summed E-state index contributed by atoms with van der Waals surface area (Å²) in [6.45, 7) is 0.763. The Morgan fingerprint density at radius 2 is 1.46 bits per heavy atom. The summed E-state index contributed by atoms with van der Waals surface area (Å²) in [6, 6.07) is 11.2. The van der Waals surface area contributed by atoms with Crippen LogP contribution >= 0.6 is 0 Å². The van der Waals surface area contributed by atoms with E-state index in [1.165, 1.54) is 31.2 Å². The van der Waals surface area contributed by atoms with Crippen LogP contribution in [0.15, 0.2) is 69.9 Å². The van der Waals surface area contributed by atoms with E-state index in [4.69, 9.17) is 28.1 Å². The number of fused-ring (bicyclic) bond motifs is 1. The van der Waals surface area contributed by atoms with E-state index in [1.807, 2.05) is 0 Å². The highest BCUT2D eigenvalue weighted by Crippen LogP contribution is 2.40. The Hall–Kier alpha value is -5.44. The van der Waals surface area contributed by atoms with Gasteiger partial charge >= 0.3 is 5.97 Å². The molecule has 3 aromatic carbocycles. The molecular weight excluding hydrogens is 720 g/mol. The van der Waals surface area contributed by atoms with E-state index in [0.717, 1.165) is 30.3 Å². The number of esters is 1. The van der Waals surface area contributed by atoms with Gasteiger partial charge in [-0.15, -0.1) is 0 Å². The van der Waals surface area contributed by atoms with Crippen molar-refractivity contribution in [2.75, 3.05) is 6.61 Å². The Balaban J connectivity index is 1.18. The first-order valence-electron chi connectivity index (χ1n) is 16.3. The van der Waals surface area contributed by atoms with Crippen molar-refractivity contribution in [3.8, 4) is 45.8 Å². The number of hydrogen-bond acceptors (Lipinski definition) is 18. The van der Waals surface area contributed by atoms with Gasteiger partial charge in [0.25, 0.3) is 0 Å². The molecule has 0 saturated carbocycles. The highest BCUT2D eigenvalue weighted by molar-refractivity contribution is 5.88. The van der Waals surface area contributed by atoms with Crippen molar-refractivity contribution in [3.05, 3.63) is 76.5 Å². The van der Waals surface area contributed by atoms with Gasteiger partial charge < -0.3 is 79.2 Å². The van der Waals surface area contributed by atoms with E-state index in [0.29, 0.717) is 5.56 Å². The second-order valence-corrected chi connectivity index (χ2v) is 12.6. The van der Waals surface area contributed by atoms with Crippen molar-refractivity contribution >= 4 is 23.0 Å². The molecule has 2 saturated heterocycles. The van der Waals surface area contributed by atoms with Gasteiger partial charge in [0.2, 0.25) is 17.5 Å². The predicted octanol–water partition coefficient (Wildman–Crippen LogP) is 0.283. The van der Waals surface area contributed by atoms with Crippen molar-refractivity contribution in [2.24, 2.45) is 0 Å². The van der Waals surface area contributed by atoms with Crippen LogP contribution in [0, 0.1) is 0 Å². The minimum Gasteiger partial charge on any atom is -0.508 e. The number of aromatic hydroxyl groups is 5. The third-order valence-electron chi connectivity index (χ3n) is 8.82. The molecule has 1 aromatic heterocycles. The van der Waals surface area contributed by atoms with Crippen molar-refractivity contribution in [1.29, 1.82) is 0 Å². The summed E-state index contributed by atoms with van der Waals surface area (Å²) < 4.78 is 33.8. The molecule has 10 atom stereocenters. The third-order valence-corrected chi connectivity index (χ3v) is 8.82. The predicted molar refractivity (Wildman–Crippen MR) is 181 cm³/mol. The summed E-state index contributed by atoms with van der Waals surface area (Å²) >= 11 is 0. The third kappa shape index (κ3) is 7.77. The maximum absolute atomic E-state index is 13.7. The molecule has 288 valence electrons. The van der Waals surface area contributed by atoms with Crippen LogP contribution < -0.4 is 10.2 Å². The number of benzene rings is 3. The van der Waals surface area contributed by atoms with Crippen LogP contribution in [0.5, 0.6) is 34.5 Å². The van der Waals surface area contributed by atoms with Crippen molar-refractivity contribution in [2.45, 2.75) is 68.3 Å². The Morgan fingerprint density at radius 1 is 0.759 bits per heavy atom. The highest BCUT2D eigenvalue weighted by atomic mass is 16.7. The number of carbonyl (C=O) groups excluding carboxylic acids is 1. The fourth-order valence-corrected chi connectivity index (χ4v) is 5.92. The molecule has 4 aromatic rings. The lowest BCUT2D eigenvalue weighted by atomic mass is 9.97. The molecule has 10 unspecified atom stereocenters. The van der Waals surface area contributed by atoms with Crippen LogP contribution in [-0.2, 0) is 23.7 Å². The molecule has 0 aliphatic carbocycles. The molecular formula is C36H36O18. The quantitative estimate of drug-likeness (QED) is 0.0623. The van der Waals surface area contributed by atoms with Crippen LogP contribution in [0.4, 0.5) is 0 Å². The summed E-state index contributed by atoms with van der Waals surface area (Å²) in [5.74, 6) is -4.13. The maximum Gasteiger partial charge on any atom is 0.330 e. The Labute approximate surface area is 304 Å². The van der Waals surface area contributed by atoms with E-state index in [1.54, 1.807) is 12.1 Å². The zero-order valence-corrected chi connectivity index (χ0v) is 28.1. The van der Waals surface area contributed by atoms with Crippen molar-refractivity contribution in [1.82, 2.24) is 0 Å².